The van der Waals surface area contributed by atoms with Crippen LogP contribution >= 0.6 is 0 Å². The van der Waals surface area contributed by atoms with Gasteiger partial charge in [0.25, 0.3) is 5.56 Å². The first-order valence-electron chi connectivity index (χ1n) is 7.08. The molecule has 1 fully saturated rings. The number of nitrogens with one attached hydrogen (secondary N) is 1. The van der Waals surface area contributed by atoms with Crippen molar-refractivity contribution in [2.45, 2.75) is 6.42 Å². The van der Waals surface area contributed by atoms with Gasteiger partial charge in [-0.2, -0.15) is 0 Å². The number of carbonyl (C=O) groups is 1. The lowest BCUT2D eigenvalue weighted by atomic mass is 10.0. The number of aromatic amines is 1. The molecule has 1 N–H and O–H groups in total. The van der Waals surface area contributed by atoms with Crippen molar-refractivity contribution in [1.82, 2.24) is 19.8 Å². The molecule has 0 spiro atoms. The van der Waals surface area contributed by atoms with Crippen molar-refractivity contribution in [3.63, 3.8) is 0 Å². The number of aromatic nitrogens is 2. The van der Waals surface area contributed by atoms with Crippen LogP contribution in [0, 0.1) is 5.92 Å². The monoisotopic (exact) mass is 294 g/mol. The molecule has 21 heavy (non-hydrogen) atoms. The predicted molar refractivity (Wildman–Crippen MR) is 78.0 cm³/mol. The Labute approximate surface area is 123 Å². The number of carbonyl (C=O) groups excluding carboxylic acids is 1. The van der Waals surface area contributed by atoms with Crippen molar-refractivity contribution < 1.29 is 9.53 Å². The number of amides is 1. The third-order valence-corrected chi connectivity index (χ3v) is 3.37. The summed E-state index contributed by atoms with van der Waals surface area (Å²) in [5.74, 6) is 0.266. The summed E-state index contributed by atoms with van der Waals surface area (Å²) in [6.07, 6.45) is 2.04. The van der Waals surface area contributed by atoms with Gasteiger partial charge >= 0.3 is 0 Å². The quantitative estimate of drug-likeness (QED) is 0.798. The van der Waals surface area contributed by atoms with E-state index in [-0.39, 0.29) is 17.4 Å². The lowest BCUT2D eigenvalue weighted by molar-refractivity contribution is -0.132. The van der Waals surface area contributed by atoms with Crippen LogP contribution in [0.1, 0.15) is 5.69 Å². The number of nitrogens with zero attached hydrogens (tertiary/aromatic N) is 3. The van der Waals surface area contributed by atoms with Crippen molar-refractivity contribution in [2.75, 3.05) is 46.9 Å². The first-order chi connectivity index (χ1) is 10.0. The molecule has 0 aromatic carbocycles. The van der Waals surface area contributed by atoms with E-state index in [1.54, 1.807) is 0 Å². The molecule has 0 aliphatic carbocycles. The van der Waals surface area contributed by atoms with Crippen LogP contribution in [0.4, 0.5) is 0 Å². The molecule has 1 atom stereocenters. The Morgan fingerprint density at radius 1 is 1.57 bits per heavy atom. The molecule has 7 nitrogen and oxygen atoms in total. The molecule has 2 heterocycles. The lowest BCUT2D eigenvalue weighted by Gasteiger charge is -2.24. The summed E-state index contributed by atoms with van der Waals surface area (Å²) < 4.78 is 5.57. The van der Waals surface area contributed by atoms with E-state index in [0.29, 0.717) is 39.3 Å². The first-order valence-corrected chi connectivity index (χ1v) is 7.08. The average molecular weight is 294 g/mol. The van der Waals surface area contributed by atoms with Gasteiger partial charge in [-0.15, -0.1) is 0 Å². The maximum atomic E-state index is 12.2. The summed E-state index contributed by atoms with van der Waals surface area (Å²) in [6, 6.07) is 1.50. The van der Waals surface area contributed by atoms with Gasteiger partial charge in [0, 0.05) is 30.8 Å². The van der Waals surface area contributed by atoms with Crippen LogP contribution < -0.4 is 5.56 Å². The zero-order chi connectivity index (χ0) is 15.2. The number of hydrogen-bond donors (Lipinski definition) is 1. The Kier molecular flexibility index (Phi) is 5.46. The second-order valence-corrected chi connectivity index (χ2v) is 5.63. The van der Waals surface area contributed by atoms with Gasteiger partial charge in [0.2, 0.25) is 5.91 Å². The molecule has 116 valence electrons. The highest BCUT2D eigenvalue weighted by Gasteiger charge is 2.23. The summed E-state index contributed by atoms with van der Waals surface area (Å²) >= 11 is 0. The molecule has 0 bridgehead atoms. The fraction of sp³-hybridized carbons (Fsp3) is 0.643. The topological polar surface area (TPSA) is 78.5 Å². The van der Waals surface area contributed by atoms with Crippen molar-refractivity contribution in [3.05, 3.63) is 28.4 Å². The van der Waals surface area contributed by atoms with Crippen molar-refractivity contribution >= 4 is 5.91 Å². The Bertz CT molecular complexity index is 529. The molecule has 2 rings (SSSR count). The number of H-pyrrole nitrogens is 1. The maximum absolute atomic E-state index is 12.2. The average Bonchev–Trinajstić information content (AvgIpc) is 2.63. The fourth-order valence-electron chi connectivity index (χ4n) is 2.42. The molecule has 1 aromatic rings. The number of ether oxygens (including phenoxy) is 1. The summed E-state index contributed by atoms with van der Waals surface area (Å²) in [4.78, 5) is 33.8. The van der Waals surface area contributed by atoms with Crippen molar-refractivity contribution in [1.29, 1.82) is 0 Å². The van der Waals surface area contributed by atoms with E-state index < -0.39 is 0 Å². The fourth-order valence-corrected chi connectivity index (χ4v) is 2.42. The van der Waals surface area contributed by atoms with Gasteiger partial charge in [0.05, 0.1) is 26.1 Å². The second-order valence-electron chi connectivity index (χ2n) is 5.63. The Hall–Kier alpha value is -1.73. The molecule has 1 aliphatic rings. The van der Waals surface area contributed by atoms with E-state index in [4.69, 9.17) is 4.74 Å². The number of likely N-dealkylation sites (N-methyl/N-ethyl adjacent to an activating group) is 1. The molecular weight excluding hydrogens is 272 g/mol. The third-order valence-electron chi connectivity index (χ3n) is 3.37. The van der Waals surface area contributed by atoms with Gasteiger partial charge in [0.1, 0.15) is 0 Å². The van der Waals surface area contributed by atoms with E-state index in [9.17, 15) is 9.59 Å². The van der Waals surface area contributed by atoms with Gasteiger partial charge in [0.15, 0.2) is 0 Å². The summed E-state index contributed by atoms with van der Waals surface area (Å²) in [5, 5.41) is 0. The summed E-state index contributed by atoms with van der Waals surface area (Å²) in [6.45, 7) is 2.79. The minimum Gasteiger partial charge on any atom is -0.379 e. The van der Waals surface area contributed by atoms with Crippen molar-refractivity contribution in [3.8, 4) is 0 Å². The van der Waals surface area contributed by atoms with Crippen LogP contribution in [0.5, 0.6) is 0 Å². The van der Waals surface area contributed by atoms with Crippen LogP contribution in [-0.4, -0.2) is 72.6 Å². The van der Waals surface area contributed by atoms with Crippen LogP contribution in [0.2, 0.25) is 0 Å². The Morgan fingerprint density at radius 2 is 2.38 bits per heavy atom. The van der Waals surface area contributed by atoms with Crippen LogP contribution in [0.25, 0.3) is 0 Å². The van der Waals surface area contributed by atoms with E-state index in [1.165, 1.54) is 12.4 Å². The SMILES string of the molecule is CN(C)CC(=O)N1CCOC[C@@H](Cc2cc(=O)[nH]cn2)C1. The van der Waals surface area contributed by atoms with Gasteiger partial charge in [-0.25, -0.2) is 4.98 Å². The van der Waals surface area contributed by atoms with E-state index in [2.05, 4.69) is 9.97 Å². The molecule has 0 unspecified atom stereocenters. The normalized spacial score (nSPS) is 19.6. The maximum Gasteiger partial charge on any atom is 0.250 e. The van der Waals surface area contributed by atoms with Crippen LogP contribution in [-0.2, 0) is 16.0 Å². The highest BCUT2D eigenvalue weighted by atomic mass is 16.5. The minimum absolute atomic E-state index is 0.106. The number of rotatable bonds is 4. The zero-order valence-electron chi connectivity index (χ0n) is 12.5. The molecule has 0 radical (unpaired) electrons. The minimum atomic E-state index is -0.157. The van der Waals surface area contributed by atoms with Gasteiger partial charge in [-0.1, -0.05) is 0 Å². The first kappa shape index (κ1) is 15.7. The molecule has 1 aliphatic heterocycles. The second kappa shape index (κ2) is 7.33. The zero-order valence-corrected chi connectivity index (χ0v) is 12.5. The summed E-state index contributed by atoms with van der Waals surface area (Å²) in [7, 11) is 3.76. The van der Waals surface area contributed by atoms with Crippen LogP contribution in [0.15, 0.2) is 17.2 Å². The largest absolute Gasteiger partial charge is 0.379 e. The van der Waals surface area contributed by atoms with E-state index in [1.807, 2.05) is 23.9 Å². The highest BCUT2D eigenvalue weighted by molar-refractivity contribution is 5.78. The molecule has 0 saturated carbocycles. The molecule has 1 aromatic heterocycles. The van der Waals surface area contributed by atoms with Crippen LogP contribution in [0.3, 0.4) is 0 Å². The van der Waals surface area contributed by atoms with Gasteiger partial charge < -0.3 is 19.5 Å². The third kappa shape index (κ3) is 4.95. The summed E-state index contributed by atoms with van der Waals surface area (Å²) in [5.41, 5.74) is 0.573. The molecular formula is C14H22N4O3. The lowest BCUT2D eigenvalue weighted by Crippen LogP contribution is -2.41. The van der Waals surface area contributed by atoms with E-state index >= 15 is 0 Å². The number of hydrogen-bond acceptors (Lipinski definition) is 5. The smallest absolute Gasteiger partial charge is 0.250 e. The standard InChI is InChI=1S/C14H22N4O3/c1-17(2)8-14(20)18-3-4-21-9-11(7-18)5-12-6-13(19)16-10-15-12/h6,10-11H,3-5,7-9H2,1-2H3,(H,15,16,19)/t11-/m0/s1. The molecule has 1 amide bonds. The van der Waals surface area contributed by atoms with Gasteiger partial charge in [-0.3, -0.25) is 9.59 Å². The van der Waals surface area contributed by atoms with Gasteiger partial charge in [-0.05, 0) is 20.5 Å². The Morgan fingerprint density at radius 3 is 3.10 bits per heavy atom. The molecule has 7 heteroatoms. The predicted octanol–water partition coefficient (Wildman–Crippen LogP) is -0.651. The molecule has 1 saturated heterocycles. The Balaban J connectivity index is 1.99. The van der Waals surface area contributed by atoms with Crippen molar-refractivity contribution in [2.24, 2.45) is 5.92 Å². The van der Waals surface area contributed by atoms with E-state index in [0.717, 1.165) is 5.69 Å². The highest BCUT2D eigenvalue weighted by Crippen LogP contribution is 2.12.